The Morgan fingerprint density at radius 3 is 2.47 bits per heavy atom. The van der Waals surface area contributed by atoms with Crippen LogP contribution in [0.3, 0.4) is 0 Å². The fraction of sp³-hybridized carbons (Fsp3) is 0.273. The first-order chi connectivity index (χ1) is 15.3. The highest BCUT2D eigenvalue weighted by Crippen LogP contribution is 2.31. The molecule has 1 amide bonds. The van der Waals surface area contributed by atoms with E-state index in [4.69, 9.17) is 21.1 Å². The van der Waals surface area contributed by atoms with E-state index in [-0.39, 0.29) is 30.1 Å². The van der Waals surface area contributed by atoms with E-state index < -0.39 is 9.84 Å². The van der Waals surface area contributed by atoms with E-state index >= 15 is 0 Å². The number of hydrogen-bond donors (Lipinski definition) is 1. The second-order valence-corrected chi connectivity index (χ2v) is 10.1. The number of ether oxygens (including phenoxy) is 2. The Balaban J connectivity index is 1.55. The van der Waals surface area contributed by atoms with Gasteiger partial charge in [0.2, 0.25) is 0 Å². The zero-order valence-corrected chi connectivity index (χ0v) is 18.9. The molecule has 2 aromatic carbocycles. The predicted molar refractivity (Wildman–Crippen MR) is 122 cm³/mol. The molecule has 0 bridgehead atoms. The Kier molecular flexibility index (Phi) is 6.38. The molecule has 32 heavy (non-hydrogen) atoms. The molecule has 1 aliphatic heterocycles. The van der Waals surface area contributed by atoms with Crippen LogP contribution >= 0.6 is 11.6 Å². The quantitative estimate of drug-likeness (QED) is 0.560. The maximum absolute atomic E-state index is 12.5. The molecule has 1 aromatic heterocycles. The minimum Gasteiger partial charge on any atom is -0.497 e. The van der Waals surface area contributed by atoms with E-state index in [0.29, 0.717) is 34.5 Å². The van der Waals surface area contributed by atoms with Gasteiger partial charge in [0.25, 0.3) is 5.91 Å². The maximum atomic E-state index is 12.5. The summed E-state index contributed by atoms with van der Waals surface area (Å²) in [5, 5.41) is 7.98. The van der Waals surface area contributed by atoms with Gasteiger partial charge in [0, 0.05) is 16.7 Å². The van der Waals surface area contributed by atoms with Crippen molar-refractivity contribution in [2.75, 3.05) is 30.5 Å². The van der Waals surface area contributed by atoms with Crippen molar-refractivity contribution >= 4 is 33.2 Å². The van der Waals surface area contributed by atoms with Gasteiger partial charge in [0.1, 0.15) is 17.3 Å². The molecular formula is C22H22ClN3O5S. The van der Waals surface area contributed by atoms with Crippen molar-refractivity contribution in [1.29, 1.82) is 0 Å². The molecular weight excluding hydrogens is 454 g/mol. The largest absolute Gasteiger partial charge is 0.497 e. The number of carbonyl (C=O) groups excluding carboxylic acids is 1. The Labute approximate surface area is 191 Å². The first kappa shape index (κ1) is 22.2. The van der Waals surface area contributed by atoms with Crippen LogP contribution in [-0.2, 0) is 14.6 Å². The number of amides is 1. The van der Waals surface area contributed by atoms with E-state index in [1.54, 1.807) is 42.1 Å². The molecule has 0 radical (unpaired) electrons. The van der Waals surface area contributed by atoms with Crippen LogP contribution in [0.5, 0.6) is 11.5 Å². The van der Waals surface area contributed by atoms with E-state index in [1.807, 2.05) is 24.3 Å². The molecule has 0 saturated carbocycles. The number of carbonyl (C=O) groups is 1. The molecule has 0 unspecified atom stereocenters. The van der Waals surface area contributed by atoms with Crippen molar-refractivity contribution in [3.05, 3.63) is 59.6 Å². The van der Waals surface area contributed by atoms with Gasteiger partial charge in [-0.25, -0.2) is 13.1 Å². The van der Waals surface area contributed by atoms with Crippen molar-refractivity contribution < 1.29 is 22.7 Å². The number of anilines is 1. The molecule has 2 heterocycles. The minimum atomic E-state index is -3.13. The van der Waals surface area contributed by atoms with Crippen molar-refractivity contribution in [1.82, 2.24) is 9.78 Å². The zero-order valence-electron chi connectivity index (χ0n) is 17.3. The van der Waals surface area contributed by atoms with Crippen LogP contribution in [0.2, 0.25) is 5.02 Å². The predicted octanol–water partition coefficient (Wildman–Crippen LogP) is 3.59. The van der Waals surface area contributed by atoms with Gasteiger partial charge in [0.15, 0.2) is 16.4 Å². The molecule has 0 aliphatic carbocycles. The standard InChI is InChI=1S/C22H22ClN3O5S/c1-30-18-6-2-15(3-7-18)20-12-21(26(25-20)17-10-11-32(28,29)14-17)24-22(27)13-31-19-8-4-16(23)5-9-19/h2-9,12,17H,10-11,13-14H2,1H3,(H,24,27)/t17-/m0/s1. The van der Waals surface area contributed by atoms with Gasteiger partial charge in [-0.2, -0.15) is 5.10 Å². The molecule has 1 N–H and O–H groups in total. The average molecular weight is 476 g/mol. The van der Waals surface area contributed by atoms with Gasteiger partial charge < -0.3 is 14.8 Å². The molecule has 168 valence electrons. The summed E-state index contributed by atoms with van der Waals surface area (Å²) >= 11 is 5.86. The van der Waals surface area contributed by atoms with Crippen LogP contribution in [-0.4, -0.2) is 49.3 Å². The lowest BCUT2D eigenvalue weighted by Crippen LogP contribution is -2.23. The van der Waals surface area contributed by atoms with Gasteiger partial charge in [0.05, 0.1) is 30.4 Å². The molecule has 3 aromatic rings. The first-order valence-electron chi connectivity index (χ1n) is 9.95. The molecule has 1 fully saturated rings. The number of hydrogen-bond acceptors (Lipinski definition) is 6. The summed E-state index contributed by atoms with van der Waals surface area (Å²) in [5.41, 5.74) is 1.43. The summed E-state index contributed by atoms with van der Waals surface area (Å²) in [5.74, 6) is 1.34. The first-order valence-corrected chi connectivity index (χ1v) is 12.2. The summed E-state index contributed by atoms with van der Waals surface area (Å²) in [4.78, 5) is 12.5. The monoisotopic (exact) mass is 475 g/mol. The molecule has 10 heteroatoms. The Morgan fingerprint density at radius 2 is 1.84 bits per heavy atom. The van der Waals surface area contributed by atoms with Crippen molar-refractivity contribution in [3.63, 3.8) is 0 Å². The van der Waals surface area contributed by atoms with Crippen LogP contribution in [0, 0.1) is 0 Å². The Hall–Kier alpha value is -3.04. The second-order valence-electron chi connectivity index (χ2n) is 7.44. The summed E-state index contributed by atoms with van der Waals surface area (Å²) in [6.45, 7) is -0.215. The highest BCUT2D eigenvalue weighted by atomic mass is 35.5. The SMILES string of the molecule is COc1ccc(-c2cc(NC(=O)COc3ccc(Cl)cc3)n([C@H]3CCS(=O)(=O)C3)n2)cc1. The molecule has 1 aliphatic rings. The fourth-order valence-electron chi connectivity index (χ4n) is 3.50. The average Bonchev–Trinajstić information content (AvgIpc) is 3.36. The van der Waals surface area contributed by atoms with Crippen LogP contribution < -0.4 is 14.8 Å². The number of methoxy groups -OCH3 is 1. The Bertz CT molecular complexity index is 1210. The van der Waals surface area contributed by atoms with E-state index in [9.17, 15) is 13.2 Å². The number of rotatable bonds is 7. The van der Waals surface area contributed by atoms with E-state index in [2.05, 4.69) is 10.4 Å². The van der Waals surface area contributed by atoms with Crippen molar-refractivity contribution in [2.24, 2.45) is 0 Å². The number of benzene rings is 2. The van der Waals surface area contributed by atoms with Gasteiger partial charge in [-0.3, -0.25) is 4.79 Å². The van der Waals surface area contributed by atoms with Crippen molar-refractivity contribution in [2.45, 2.75) is 12.5 Å². The number of sulfone groups is 1. The maximum Gasteiger partial charge on any atom is 0.263 e. The highest BCUT2D eigenvalue weighted by molar-refractivity contribution is 7.91. The van der Waals surface area contributed by atoms with Crippen LogP contribution in [0.25, 0.3) is 11.3 Å². The second kappa shape index (κ2) is 9.22. The summed E-state index contributed by atoms with van der Waals surface area (Å²) in [6.07, 6.45) is 0.441. The summed E-state index contributed by atoms with van der Waals surface area (Å²) < 4.78 is 36.3. The Morgan fingerprint density at radius 1 is 1.16 bits per heavy atom. The van der Waals surface area contributed by atoms with Crippen LogP contribution in [0.15, 0.2) is 54.6 Å². The third kappa shape index (κ3) is 5.23. The molecule has 0 spiro atoms. The topological polar surface area (TPSA) is 99.5 Å². The van der Waals surface area contributed by atoms with Crippen molar-refractivity contribution in [3.8, 4) is 22.8 Å². The number of nitrogens with zero attached hydrogens (tertiary/aromatic N) is 2. The third-order valence-electron chi connectivity index (χ3n) is 5.13. The molecule has 4 rings (SSSR count). The lowest BCUT2D eigenvalue weighted by Gasteiger charge is -2.14. The summed E-state index contributed by atoms with van der Waals surface area (Å²) in [6, 6.07) is 15.4. The molecule has 8 nitrogen and oxygen atoms in total. The smallest absolute Gasteiger partial charge is 0.263 e. The lowest BCUT2D eigenvalue weighted by atomic mass is 10.1. The van der Waals surface area contributed by atoms with E-state index in [1.165, 1.54) is 0 Å². The number of aromatic nitrogens is 2. The zero-order chi connectivity index (χ0) is 22.7. The third-order valence-corrected chi connectivity index (χ3v) is 7.13. The van der Waals surface area contributed by atoms with Gasteiger partial charge in [-0.05, 0) is 55.0 Å². The number of nitrogens with one attached hydrogen (secondary N) is 1. The summed E-state index contributed by atoms with van der Waals surface area (Å²) in [7, 11) is -1.54. The number of halogens is 1. The molecule has 1 atom stereocenters. The van der Waals surface area contributed by atoms with Gasteiger partial charge >= 0.3 is 0 Å². The molecule has 1 saturated heterocycles. The normalized spacial score (nSPS) is 17.1. The minimum absolute atomic E-state index is 0.0130. The van der Waals surface area contributed by atoms with Crippen LogP contribution in [0.4, 0.5) is 5.82 Å². The fourth-order valence-corrected chi connectivity index (χ4v) is 5.31. The van der Waals surface area contributed by atoms with Gasteiger partial charge in [-0.15, -0.1) is 0 Å². The highest BCUT2D eigenvalue weighted by Gasteiger charge is 2.31. The van der Waals surface area contributed by atoms with Crippen LogP contribution in [0.1, 0.15) is 12.5 Å². The van der Waals surface area contributed by atoms with E-state index in [0.717, 1.165) is 5.56 Å². The lowest BCUT2D eigenvalue weighted by molar-refractivity contribution is -0.118. The van der Waals surface area contributed by atoms with Gasteiger partial charge in [-0.1, -0.05) is 11.6 Å².